The molecule has 0 atom stereocenters. The molecule has 110 valence electrons. The first-order valence-electron chi connectivity index (χ1n) is 6.55. The number of aromatic nitrogens is 3. The first-order chi connectivity index (χ1) is 10.1. The Balaban J connectivity index is 2.13. The van der Waals surface area contributed by atoms with Crippen LogP contribution in [0.15, 0.2) is 24.5 Å². The van der Waals surface area contributed by atoms with Crippen molar-refractivity contribution in [2.24, 2.45) is 0 Å². The zero-order valence-electron chi connectivity index (χ0n) is 12.0. The third-order valence-corrected chi connectivity index (χ3v) is 2.76. The van der Waals surface area contributed by atoms with E-state index in [1.54, 1.807) is 19.2 Å². The maximum Gasteiger partial charge on any atom is 0.340 e. The van der Waals surface area contributed by atoms with Crippen LogP contribution in [0.25, 0.3) is 0 Å². The number of hydrogen-bond donors (Lipinski definition) is 2. The van der Waals surface area contributed by atoms with Crippen LogP contribution in [0.3, 0.4) is 0 Å². The topological polar surface area (TPSA) is 103 Å². The smallest absolute Gasteiger partial charge is 0.340 e. The van der Waals surface area contributed by atoms with E-state index in [0.717, 1.165) is 5.69 Å². The zero-order valence-corrected chi connectivity index (χ0v) is 12.0. The van der Waals surface area contributed by atoms with Gasteiger partial charge in [-0.3, -0.25) is 0 Å². The van der Waals surface area contributed by atoms with Crippen molar-refractivity contribution in [2.75, 3.05) is 17.7 Å². The number of aryl methyl sites for hydroxylation is 1. The number of anilines is 2. The molecule has 0 radical (unpaired) electrons. The summed E-state index contributed by atoms with van der Waals surface area (Å²) in [6.07, 6.45) is 3.20. The summed E-state index contributed by atoms with van der Waals surface area (Å²) in [5.74, 6) is 0.658. The van der Waals surface area contributed by atoms with Crippen LogP contribution in [0.2, 0.25) is 0 Å². The molecule has 0 aliphatic heterocycles. The van der Waals surface area contributed by atoms with Crippen molar-refractivity contribution in [2.45, 2.75) is 20.4 Å². The summed E-state index contributed by atoms with van der Waals surface area (Å²) in [7, 11) is 0. The molecule has 0 aliphatic rings. The second kappa shape index (κ2) is 6.65. The van der Waals surface area contributed by atoms with E-state index in [2.05, 4.69) is 20.3 Å². The normalized spacial score (nSPS) is 10.2. The summed E-state index contributed by atoms with van der Waals surface area (Å²) < 4.78 is 4.95. The van der Waals surface area contributed by atoms with Crippen LogP contribution in [0.4, 0.5) is 11.5 Å². The first kappa shape index (κ1) is 14.7. The van der Waals surface area contributed by atoms with Gasteiger partial charge in [-0.25, -0.2) is 19.7 Å². The molecule has 0 aliphatic carbocycles. The molecule has 0 bridgehead atoms. The van der Waals surface area contributed by atoms with Gasteiger partial charge in [-0.1, -0.05) is 0 Å². The van der Waals surface area contributed by atoms with Crippen LogP contribution in [0.1, 0.15) is 28.8 Å². The average molecular weight is 287 g/mol. The summed E-state index contributed by atoms with van der Waals surface area (Å²) in [5.41, 5.74) is 7.33. The third-order valence-electron chi connectivity index (χ3n) is 2.76. The number of carbonyl (C=O) groups is 1. The standard InChI is InChI=1S/C14H17N5O2/c1-3-21-14(20)11-5-7-17-13(12(11)15)18-8-10-4-6-16-9(2)19-10/h4-7H,3,8,15H2,1-2H3,(H,17,18). The van der Waals surface area contributed by atoms with E-state index < -0.39 is 5.97 Å². The van der Waals surface area contributed by atoms with Gasteiger partial charge >= 0.3 is 5.97 Å². The van der Waals surface area contributed by atoms with Gasteiger partial charge in [0.1, 0.15) is 11.6 Å². The Morgan fingerprint density at radius 3 is 2.81 bits per heavy atom. The number of nitrogens with two attached hydrogens (primary N) is 1. The van der Waals surface area contributed by atoms with Crippen LogP contribution in [-0.2, 0) is 11.3 Å². The Morgan fingerprint density at radius 2 is 2.10 bits per heavy atom. The van der Waals surface area contributed by atoms with Gasteiger partial charge in [-0.2, -0.15) is 0 Å². The van der Waals surface area contributed by atoms with Gasteiger partial charge in [0.2, 0.25) is 0 Å². The van der Waals surface area contributed by atoms with Crippen LogP contribution >= 0.6 is 0 Å². The molecule has 7 nitrogen and oxygen atoms in total. The largest absolute Gasteiger partial charge is 0.462 e. The lowest BCUT2D eigenvalue weighted by Crippen LogP contribution is -2.12. The van der Waals surface area contributed by atoms with E-state index in [0.29, 0.717) is 30.4 Å². The number of ether oxygens (including phenoxy) is 1. The lowest BCUT2D eigenvalue weighted by molar-refractivity contribution is 0.0527. The lowest BCUT2D eigenvalue weighted by atomic mass is 10.2. The fraction of sp³-hybridized carbons (Fsp3) is 0.286. The molecule has 2 aromatic rings. The van der Waals surface area contributed by atoms with Crippen LogP contribution in [0.5, 0.6) is 0 Å². The maximum absolute atomic E-state index is 11.8. The minimum atomic E-state index is -0.460. The van der Waals surface area contributed by atoms with E-state index in [-0.39, 0.29) is 5.69 Å². The minimum absolute atomic E-state index is 0.265. The first-order valence-corrected chi connectivity index (χ1v) is 6.55. The molecular formula is C14H17N5O2. The predicted molar refractivity (Wildman–Crippen MR) is 78.7 cm³/mol. The number of rotatable bonds is 5. The van der Waals surface area contributed by atoms with Crippen molar-refractivity contribution >= 4 is 17.5 Å². The molecule has 2 rings (SSSR count). The highest BCUT2D eigenvalue weighted by atomic mass is 16.5. The quantitative estimate of drug-likeness (QED) is 0.804. The van der Waals surface area contributed by atoms with Crippen LogP contribution in [-0.4, -0.2) is 27.5 Å². The van der Waals surface area contributed by atoms with E-state index >= 15 is 0 Å². The Labute approximate surface area is 122 Å². The number of nitrogens with zero attached hydrogens (tertiary/aromatic N) is 3. The zero-order chi connectivity index (χ0) is 15.2. The van der Waals surface area contributed by atoms with Gasteiger partial charge in [-0.15, -0.1) is 0 Å². The fourth-order valence-corrected chi connectivity index (χ4v) is 1.78. The van der Waals surface area contributed by atoms with E-state index in [1.807, 2.05) is 6.92 Å². The molecule has 2 aromatic heterocycles. The minimum Gasteiger partial charge on any atom is -0.462 e. The summed E-state index contributed by atoms with van der Waals surface area (Å²) in [4.78, 5) is 24.2. The summed E-state index contributed by atoms with van der Waals surface area (Å²) in [6, 6.07) is 3.33. The van der Waals surface area contributed by atoms with Gasteiger partial charge in [-0.05, 0) is 26.0 Å². The number of nitrogens with one attached hydrogen (secondary N) is 1. The third kappa shape index (κ3) is 3.65. The number of pyridine rings is 1. The van der Waals surface area contributed by atoms with Crippen LogP contribution in [0, 0.1) is 6.92 Å². The SMILES string of the molecule is CCOC(=O)c1ccnc(NCc2ccnc(C)n2)c1N. The van der Waals surface area contributed by atoms with E-state index in [9.17, 15) is 4.79 Å². The predicted octanol–water partition coefficient (Wildman–Crippen LogP) is 1.55. The highest BCUT2D eigenvalue weighted by molar-refractivity contribution is 5.97. The molecule has 21 heavy (non-hydrogen) atoms. The van der Waals surface area contributed by atoms with Gasteiger partial charge in [0.25, 0.3) is 0 Å². The second-order valence-corrected chi connectivity index (χ2v) is 4.29. The second-order valence-electron chi connectivity index (χ2n) is 4.29. The van der Waals surface area contributed by atoms with E-state index in [4.69, 9.17) is 10.5 Å². The van der Waals surface area contributed by atoms with Gasteiger partial charge < -0.3 is 15.8 Å². The average Bonchev–Trinajstić information content (AvgIpc) is 2.46. The summed E-state index contributed by atoms with van der Waals surface area (Å²) >= 11 is 0. The van der Waals surface area contributed by atoms with Crippen molar-refractivity contribution in [3.8, 4) is 0 Å². The lowest BCUT2D eigenvalue weighted by Gasteiger charge is -2.11. The monoisotopic (exact) mass is 287 g/mol. The summed E-state index contributed by atoms with van der Waals surface area (Å²) in [5, 5.41) is 3.06. The van der Waals surface area contributed by atoms with Gasteiger partial charge in [0, 0.05) is 12.4 Å². The molecule has 2 heterocycles. The molecule has 0 saturated heterocycles. The number of carbonyl (C=O) groups excluding carboxylic acids is 1. The molecular weight excluding hydrogens is 270 g/mol. The Bertz CT molecular complexity index is 645. The van der Waals surface area contributed by atoms with Crippen LogP contribution < -0.4 is 11.1 Å². The van der Waals surface area contributed by atoms with Crippen molar-refractivity contribution in [1.29, 1.82) is 0 Å². The molecule has 7 heteroatoms. The molecule has 0 saturated carbocycles. The molecule has 0 aromatic carbocycles. The molecule has 0 fully saturated rings. The Kier molecular flexibility index (Phi) is 4.65. The highest BCUT2D eigenvalue weighted by Crippen LogP contribution is 2.21. The van der Waals surface area contributed by atoms with E-state index in [1.165, 1.54) is 12.3 Å². The van der Waals surface area contributed by atoms with Gasteiger partial charge in [0.15, 0.2) is 0 Å². The van der Waals surface area contributed by atoms with Crippen molar-refractivity contribution in [3.63, 3.8) is 0 Å². The highest BCUT2D eigenvalue weighted by Gasteiger charge is 2.14. The summed E-state index contributed by atoms with van der Waals surface area (Å²) in [6.45, 7) is 4.29. The number of nitrogen functional groups attached to an aromatic ring is 1. The molecule has 0 amide bonds. The number of hydrogen-bond acceptors (Lipinski definition) is 7. The molecule has 0 unspecified atom stereocenters. The van der Waals surface area contributed by atoms with Crippen molar-refractivity contribution in [3.05, 3.63) is 41.6 Å². The van der Waals surface area contributed by atoms with Crippen molar-refractivity contribution < 1.29 is 9.53 Å². The van der Waals surface area contributed by atoms with Crippen molar-refractivity contribution in [1.82, 2.24) is 15.0 Å². The van der Waals surface area contributed by atoms with Gasteiger partial charge in [0.05, 0.1) is 30.1 Å². The molecule has 0 spiro atoms. The number of esters is 1. The fourth-order valence-electron chi connectivity index (χ4n) is 1.78. The Morgan fingerprint density at radius 1 is 1.33 bits per heavy atom. The Hall–Kier alpha value is -2.70. The molecule has 3 N–H and O–H groups in total. The maximum atomic E-state index is 11.8.